The van der Waals surface area contributed by atoms with E-state index in [1.165, 1.54) is 7.11 Å². The number of carbonyl (C=O) groups excluding carboxylic acids is 1. The Balaban J connectivity index is 2.26. The van der Waals surface area contributed by atoms with E-state index in [2.05, 4.69) is 0 Å². The fraction of sp³-hybridized carbons (Fsp3) is 0.450. The van der Waals surface area contributed by atoms with Gasteiger partial charge in [0.15, 0.2) is 11.5 Å². The molecule has 0 saturated heterocycles. The van der Waals surface area contributed by atoms with E-state index in [4.69, 9.17) is 30.2 Å². The second-order valence-electron chi connectivity index (χ2n) is 6.49. The summed E-state index contributed by atoms with van der Waals surface area (Å²) in [4.78, 5) is 14.7. The van der Waals surface area contributed by atoms with Gasteiger partial charge in [-0.05, 0) is 30.2 Å². The zero-order valence-electron chi connectivity index (χ0n) is 16.2. The summed E-state index contributed by atoms with van der Waals surface area (Å²) in [5.41, 5.74) is 0.413. The lowest BCUT2D eigenvalue weighted by Gasteiger charge is -2.22. The van der Waals surface area contributed by atoms with Gasteiger partial charge in [-0.2, -0.15) is 0 Å². The minimum Gasteiger partial charge on any atom is -0.493 e. The minimum atomic E-state index is -0.195. The Morgan fingerprint density at radius 1 is 1.30 bits per heavy atom. The SMILES string of the molecule is COCCN(Cc1ccco1)C(=O)c1cc(Cl)c(OCC(C)C)c(OC)c1. The number of furan rings is 1. The van der Waals surface area contributed by atoms with Crippen LogP contribution in [0.25, 0.3) is 0 Å². The van der Waals surface area contributed by atoms with Gasteiger partial charge < -0.3 is 23.5 Å². The van der Waals surface area contributed by atoms with Crippen molar-refractivity contribution in [3.8, 4) is 11.5 Å². The highest BCUT2D eigenvalue weighted by atomic mass is 35.5. The number of ether oxygens (including phenoxy) is 3. The van der Waals surface area contributed by atoms with Crippen LogP contribution in [0, 0.1) is 5.92 Å². The molecule has 0 atom stereocenters. The van der Waals surface area contributed by atoms with Crippen LogP contribution in [0.5, 0.6) is 11.5 Å². The molecule has 1 heterocycles. The molecular formula is C20H26ClNO5. The summed E-state index contributed by atoms with van der Waals surface area (Å²) in [5.74, 6) is 1.70. The monoisotopic (exact) mass is 395 g/mol. The van der Waals surface area contributed by atoms with Crippen molar-refractivity contribution in [3.63, 3.8) is 0 Å². The van der Waals surface area contributed by atoms with Crippen LogP contribution in [0.2, 0.25) is 5.02 Å². The Kier molecular flexibility index (Phi) is 8.00. The third-order valence-electron chi connectivity index (χ3n) is 3.82. The number of methoxy groups -OCH3 is 2. The maximum atomic E-state index is 13.0. The molecule has 0 aliphatic rings. The van der Waals surface area contributed by atoms with Crippen LogP contribution in [-0.4, -0.2) is 44.8 Å². The molecule has 27 heavy (non-hydrogen) atoms. The van der Waals surface area contributed by atoms with Crippen molar-refractivity contribution in [2.24, 2.45) is 5.92 Å². The van der Waals surface area contributed by atoms with Gasteiger partial charge >= 0.3 is 0 Å². The molecule has 0 fully saturated rings. The van der Waals surface area contributed by atoms with Crippen LogP contribution in [-0.2, 0) is 11.3 Å². The highest BCUT2D eigenvalue weighted by Gasteiger charge is 2.21. The molecule has 2 rings (SSSR count). The van der Waals surface area contributed by atoms with Gasteiger partial charge in [-0.25, -0.2) is 0 Å². The summed E-state index contributed by atoms with van der Waals surface area (Å²) in [6.07, 6.45) is 1.58. The standard InChI is InChI=1S/C20H26ClNO5/c1-14(2)13-27-19-17(21)10-15(11-18(19)25-4)20(23)22(7-9-24-3)12-16-6-5-8-26-16/h5-6,8,10-11,14H,7,9,12-13H2,1-4H3. The number of rotatable bonds is 10. The number of hydrogen-bond acceptors (Lipinski definition) is 5. The topological polar surface area (TPSA) is 61.1 Å². The summed E-state index contributed by atoms with van der Waals surface area (Å²) in [6.45, 7) is 5.75. The van der Waals surface area contributed by atoms with Crippen LogP contribution >= 0.6 is 11.6 Å². The number of nitrogens with zero attached hydrogens (tertiary/aromatic N) is 1. The molecular weight excluding hydrogens is 370 g/mol. The van der Waals surface area contributed by atoms with E-state index < -0.39 is 0 Å². The van der Waals surface area contributed by atoms with Gasteiger partial charge in [-0.3, -0.25) is 4.79 Å². The smallest absolute Gasteiger partial charge is 0.254 e. The van der Waals surface area contributed by atoms with Gasteiger partial charge in [-0.15, -0.1) is 0 Å². The molecule has 0 spiro atoms. The molecule has 2 aromatic rings. The maximum absolute atomic E-state index is 13.0. The molecule has 0 aliphatic heterocycles. The summed E-state index contributed by atoms with van der Waals surface area (Å²) >= 11 is 6.37. The van der Waals surface area contributed by atoms with Crippen molar-refractivity contribution in [2.45, 2.75) is 20.4 Å². The largest absolute Gasteiger partial charge is 0.493 e. The predicted molar refractivity (Wildman–Crippen MR) is 104 cm³/mol. The van der Waals surface area contributed by atoms with Crippen molar-refractivity contribution in [3.05, 3.63) is 46.9 Å². The molecule has 148 valence electrons. The molecule has 0 saturated carbocycles. The molecule has 0 bridgehead atoms. The van der Waals surface area contributed by atoms with Gasteiger partial charge in [0.05, 0.1) is 38.2 Å². The number of halogens is 1. The normalized spacial score (nSPS) is 10.9. The molecule has 1 amide bonds. The number of amides is 1. The average molecular weight is 396 g/mol. The Bertz CT molecular complexity index is 730. The molecule has 1 aromatic heterocycles. The highest BCUT2D eigenvalue weighted by molar-refractivity contribution is 6.32. The molecule has 0 N–H and O–H groups in total. The second kappa shape index (κ2) is 10.2. The van der Waals surface area contributed by atoms with Crippen LogP contribution in [0.15, 0.2) is 34.9 Å². The van der Waals surface area contributed by atoms with Crippen molar-refractivity contribution in [2.75, 3.05) is 34.0 Å². The van der Waals surface area contributed by atoms with Gasteiger partial charge in [0, 0.05) is 19.2 Å². The van der Waals surface area contributed by atoms with Crippen LogP contribution in [0.3, 0.4) is 0 Å². The van der Waals surface area contributed by atoms with Crippen molar-refractivity contribution >= 4 is 17.5 Å². The molecule has 7 heteroatoms. The first-order valence-corrected chi connectivity index (χ1v) is 9.15. The lowest BCUT2D eigenvalue weighted by atomic mass is 10.1. The van der Waals surface area contributed by atoms with E-state index in [1.807, 2.05) is 19.9 Å². The van der Waals surface area contributed by atoms with Crippen LogP contribution in [0.4, 0.5) is 0 Å². The first-order valence-electron chi connectivity index (χ1n) is 8.77. The fourth-order valence-corrected chi connectivity index (χ4v) is 2.73. The Labute approximate surface area is 164 Å². The van der Waals surface area contributed by atoms with Crippen molar-refractivity contribution in [1.29, 1.82) is 0 Å². The molecule has 0 aliphatic carbocycles. The van der Waals surface area contributed by atoms with Gasteiger partial charge in [0.2, 0.25) is 0 Å². The van der Waals surface area contributed by atoms with E-state index in [9.17, 15) is 4.79 Å². The van der Waals surface area contributed by atoms with Gasteiger partial charge in [-0.1, -0.05) is 25.4 Å². The van der Waals surface area contributed by atoms with E-state index in [0.717, 1.165) is 0 Å². The van der Waals surface area contributed by atoms with E-state index in [0.29, 0.717) is 60.1 Å². The summed E-state index contributed by atoms with van der Waals surface area (Å²) < 4.78 is 21.6. The number of carbonyl (C=O) groups is 1. The van der Waals surface area contributed by atoms with Crippen LogP contribution in [0.1, 0.15) is 30.0 Å². The molecule has 0 unspecified atom stereocenters. The van der Waals surface area contributed by atoms with Crippen molar-refractivity contribution < 1.29 is 23.4 Å². The number of hydrogen-bond donors (Lipinski definition) is 0. The lowest BCUT2D eigenvalue weighted by molar-refractivity contribution is 0.0666. The Morgan fingerprint density at radius 3 is 2.67 bits per heavy atom. The quantitative estimate of drug-likeness (QED) is 0.601. The average Bonchev–Trinajstić information content (AvgIpc) is 3.15. The van der Waals surface area contributed by atoms with E-state index in [-0.39, 0.29) is 5.91 Å². The Morgan fingerprint density at radius 2 is 2.07 bits per heavy atom. The molecule has 6 nitrogen and oxygen atoms in total. The van der Waals surface area contributed by atoms with Crippen LogP contribution < -0.4 is 9.47 Å². The van der Waals surface area contributed by atoms with Gasteiger partial charge in [0.1, 0.15) is 5.76 Å². The summed E-state index contributed by atoms with van der Waals surface area (Å²) in [5, 5.41) is 0.336. The second-order valence-corrected chi connectivity index (χ2v) is 6.90. The summed E-state index contributed by atoms with van der Waals surface area (Å²) in [7, 11) is 3.12. The van der Waals surface area contributed by atoms with E-state index >= 15 is 0 Å². The third kappa shape index (κ3) is 5.91. The molecule has 1 aromatic carbocycles. The summed E-state index contributed by atoms with van der Waals surface area (Å²) in [6, 6.07) is 6.86. The fourth-order valence-electron chi connectivity index (χ4n) is 2.46. The first-order chi connectivity index (χ1) is 13.0. The zero-order chi connectivity index (χ0) is 19.8. The number of benzene rings is 1. The van der Waals surface area contributed by atoms with Gasteiger partial charge in [0.25, 0.3) is 5.91 Å². The maximum Gasteiger partial charge on any atom is 0.254 e. The Hall–Kier alpha value is -2.18. The lowest BCUT2D eigenvalue weighted by Crippen LogP contribution is -2.33. The third-order valence-corrected chi connectivity index (χ3v) is 4.10. The zero-order valence-corrected chi connectivity index (χ0v) is 16.9. The first kappa shape index (κ1) is 21.1. The highest BCUT2D eigenvalue weighted by Crippen LogP contribution is 2.37. The minimum absolute atomic E-state index is 0.195. The van der Waals surface area contributed by atoms with E-state index in [1.54, 1.807) is 36.5 Å². The molecule has 0 radical (unpaired) electrons. The van der Waals surface area contributed by atoms with Crippen molar-refractivity contribution in [1.82, 2.24) is 4.90 Å². The predicted octanol–water partition coefficient (Wildman–Crippen LogP) is 4.27.